The normalized spacial score (nSPS) is 21.9. The Kier molecular flexibility index (Phi) is 6.09. The monoisotopic (exact) mass is 257 g/mol. The minimum absolute atomic E-state index is 0.0497. The number of nitrogens with zero attached hydrogens (tertiary/aromatic N) is 1. The van der Waals surface area contributed by atoms with Gasteiger partial charge < -0.3 is 9.47 Å². The summed E-state index contributed by atoms with van der Waals surface area (Å²) in [5.41, 5.74) is -0.128. The molecular weight excluding hydrogens is 230 g/mol. The Bertz CT molecular complexity index is 266. The van der Waals surface area contributed by atoms with E-state index in [1.807, 2.05) is 6.92 Å². The Hall–Kier alpha value is -0.610. The van der Waals surface area contributed by atoms with Crippen molar-refractivity contribution in [3.05, 3.63) is 0 Å². The second kappa shape index (κ2) is 7.10. The Morgan fingerprint density at radius 3 is 2.72 bits per heavy atom. The fourth-order valence-electron chi connectivity index (χ4n) is 2.28. The van der Waals surface area contributed by atoms with Crippen molar-refractivity contribution in [1.82, 2.24) is 4.90 Å². The molecule has 18 heavy (non-hydrogen) atoms. The van der Waals surface area contributed by atoms with Gasteiger partial charge in [-0.2, -0.15) is 0 Å². The molecule has 1 atom stereocenters. The number of esters is 1. The Morgan fingerprint density at radius 2 is 2.11 bits per heavy atom. The van der Waals surface area contributed by atoms with E-state index in [0.29, 0.717) is 6.61 Å². The van der Waals surface area contributed by atoms with Gasteiger partial charge in [-0.15, -0.1) is 0 Å². The number of ether oxygens (including phenoxy) is 2. The van der Waals surface area contributed by atoms with Crippen LogP contribution >= 0.6 is 0 Å². The smallest absolute Gasteiger partial charge is 0.323 e. The van der Waals surface area contributed by atoms with Crippen molar-refractivity contribution in [2.45, 2.75) is 58.1 Å². The molecule has 0 amide bonds. The summed E-state index contributed by atoms with van der Waals surface area (Å²) in [5, 5.41) is 0. The highest BCUT2D eigenvalue weighted by molar-refractivity contribution is 5.75. The summed E-state index contributed by atoms with van der Waals surface area (Å²) in [4.78, 5) is 14.2. The molecule has 1 rings (SSSR count). The van der Waals surface area contributed by atoms with Crippen LogP contribution in [0.15, 0.2) is 0 Å². The van der Waals surface area contributed by atoms with E-state index in [2.05, 4.69) is 18.7 Å². The number of carbonyl (C=O) groups excluding carboxylic acids is 1. The van der Waals surface area contributed by atoms with Crippen molar-refractivity contribution in [3.63, 3.8) is 0 Å². The van der Waals surface area contributed by atoms with E-state index < -0.39 is 0 Å². The molecule has 1 unspecified atom stereocenters. The molecule has 1 saturated heterocycles. The van der Waals surface area contributed by atoms with E-state index in [-0.39, 0.29) is 17.6 Å². The summed E-state index contributed by atoms with van der Waals surface area (Å²) in [6.45, 7) is 8.37. The van der Waals surface area contributed by atoms with Gasteiger partial charge in [0.25, 0.3) is 0 Å². The van der Waals surface area contributed by atoms with Crippen LogP contribution in [0.2, 0.25) is 0 Å². The Morgan fingerprint density at radius 1 is 1.39 bits per heavy atom. The maximum absolute atomic E-state index is 11.9. The van der Waals surface area contributed by atoms with Crippen molar-refractivity contribution in [3.8, 4) is 0 Å². The lowest BCUT2D eigenvalue weighted by atomic mass is 9.99. The molecular formula is C14H27NO3. The maximum atomic E-state index is 11.9. The van der Waals surface area contributed by atoms with Gasteiger partial charge in [-0.25, -0.2) is 0 Å². The van der Waals surface area contributed by atoms with Crippen LogP contribution in [0.3, 0.4) is 0 Å². The quantitative estimate of drug-likeness (QED) is 0.684. The first-order chi connectivity index (χ1) is 8.50. The zero-order valence-corrected chi connectivity index (χ0v) is 12.2. The highest BCUT2D eigenvalue weighted by atomic mass is 16.5. The molecule has 0 radical (unpaired) electrons. The number of likely N-dealkylation sites (tertiary alicyclic amines) is 1. The average molecular weight is 257 g/mol. The highest BCUT2D eigenvalue weighted by Crippen LogP contribution is 2.21. The van der Waals surface area contributed by atoms with Crippen molar-refractivity contribution in [1.29, 1.82) is 0 Å². The minimum atomic E-state index is -0.128. The van der Waals surface area contributed by atoms with Crippen LogP contribution in [-0.4, -0.2) is 49.3 Å². The number of hydrogen-bond acceptors (Lipinski definition) is 4. The van der Waals surface area contributed by atoms with Crippen LogP contribution in [0.5, 0.6) is 0 Å². The second-order valence-corrected chi connectivity index (χ2v) is 5.51. The van der Waals surface area contributed by atoms with Gasteiger partial charge in [-0.05, 0) is 46.6 Å². The van der Waals surface area contributed by atoms with Crippen molar-refractivity contribution >= 4 is 5.97 Å². The highest BCUT2D eigenvalue weighted by Gasteiger charge is 2.30. The summed E-state index contributed by atoms with van der Waals surface area (Å²) in [6, 6.07) is -0.0497. The number of hydrogen-bond donors (Lipinski definition) is 0. The van der Waals surface area contributed by atoms with Gasteiger partial charge in [0.1, 0.15) is 6.04 Å². The van der Waals surface area contributed by atoms with Crippen LogP contribution in [0, 0.1) is 0 Å². The van der Waals surface area contributed by atoms with E-state index in [4.69, 9.17) is 9.47 Å². The van der Waals surface area contributed by atoms with Crippen molar-refractivity contribution in [2.75, 3.05) is 26.8 Å². The molecule has 0 aliphatic carbocycles. The number of piperidine rings is 1. The molecule has 106 valence electrons. The van der Waals surface area contributed by atoms with Crippen LogP contribution in [0.25, 0.3) is 0 Å². The summed E-state index contributed by atoms with van der Waals surface area (Å²) in [5.74, 6) is -0.0626. The number of methoxy groups -OCH3 is 1. The second-order valence-electron chi connectivity index (χ2n) is 5.51. The fraction of sp³-hybridized carbons (Fsp3) is 0.929. The number of rotatable bonds is 6. The van der Waals surface area contributed by atoms with Crippen molar-refractivity contribution < 1.29 is 14.3 Å². The molecule has 0 bridgehead atoms. The molecule has 0 spiro atoms. The lowest BCUT2D eigenvalue weighted by Gasteiger charge is -2.36. The topological polar surface area (TPSA) is 38.8 Å². The molecule has 4 heteroatoms. The molecule has 0 saturated carbocycles. The molecule has 0 aromatic rings. The first-order valence-electron chi connectivity index (χ1n) is 6.96. The van der Waals surface area contributed by atoms with Crippen LogP contribution in [0.4, 0.5) is 0 Å². The van der Waals surface area contributed by atoms with Crippen LogP contribution < -0.4 is 0 Å². The SMILES string of the molecule is CCOC(=O)C1CCCCN1CCC(C)(C)OC. The molecule has 1 aliphatic heterocycles. The van der Waals surface area contributed by atoms with Crippen LogP contribution in [0.1, 0.15) is 46.5 Å². The van der Waals surface area contributed by atoms with Gasteiger partial charge in [0.2, 0.25) is 0 Å². The lowest BCUT2D eigenvalue weighted by molar-refractivity contribution is -0.151. The third-order valence-electron chi connectivity index (χ3n) is 3.73. The first-order valence-corrected chi connectivity index (χ1v) is 6.96. The van der Waals surface area contributed by atoms with Gasteiger partial charge in [-0.1, -0.05) is 6.42 Å². The predicted molar refractivity (Wildman–Crippen MR) is 71.6 cm³/mol. The van der Waals surface area contributed by atoms with Crippen molar-refractivity contribution in [2.24, 2.45) is 0 Å². The average Bonchev–Trinajstić information content (AvgIpc) is 2.37. The maximum Gasteiger partial charge on any atom is 0.323 e. The van der Waals surface area contributed by atoms with E-state index in [1.54, 1.807) is 7.11 Å². The van der Waals surface area contributed by atoms with Gasteiger partial charge in [0.15, 0.2) is 0 Å². The van der Waals surface area contributed by atoms with E-state index in [9.17, 15) is 4.79 Å². The van der Waals surface area contributed by atoms with Gasteiger partial charge in [-0.3, -0.25) is 9.69 Å². The predicted octanol–water partition coefficient (Wildman–Crippen LogP) is 2.22. The Labute approximate surface area is 111 Å². The summed E-state index contributed by atoms with van der Waals surface area (Å²) in [7, 11) is 1.74. The largest absolute Gasteiger partial charge is 0.465 e. The summed E-state index contributed by atoms with van der Waals surface area (Å²) >= 11 is 0. The summed E-state index contributed by atoms with van der Waals surface area (Å²) in [6.07, 6.45) is 4.14. The van der Waals surface area contributed by atoms with Gasteiger partial charge >= 0.3 is 5.97 Å². The van der Waals surface area contributed by atoms with E-state index in [1.165, 1.54) is 6.42 Å². The van der Waals surface area contributed by atoms with Crippen LogP contribution in [-0.2, 0) is 14.3 Å². The molecule has 1 heterocycles. The molecule has 0 N–H and O–H groups in total. The van der Waals surface area contributed by atoms with E-state index in [0.717, 1.165) is 32.4 Å². The molecule has 1 fully saturated rings. The van der Waals surface area contributed by atoms with Gasteiger partial charge in [0, 0.05) is 13.7 Å². The molecule has 1 aliphatic rings. The minimum Gasteiger partial charge on any atom is -0.465 e. The Balaban J connectivity index is 2.52. The van der Waals surface area contributed by atoms with E-state index >= 15 is 0 Å². The third kappa shape index (κ3) is 4.58. The first kappa shape index (κ1) is 15.4. The molecule has 4 nitrogen and oxygen atoms in total. The molecule has 0 aromatic carbocycles. The standard InChI is InChI=1S/C14H27NO3/c1-5-18-13(16)12-8-6-7-10-15(12)11-9-14(2,3)17-4/h12H,5-11H2,1-4H3. The zero-order chi connectivity index (χ0) is 13.6. The summed E-state index contributed by atoms with van der Waals surface area (Å²) < 4.78 is 10.6. The third-order valence-corrected chi connectivity index (χ3v) is 3.73. The van der Waals surface area contributed by atoms with Gasteiger partial charge in [0.05, 0.1) is 12.2 Å². The number of carbonyl (C=O) groups is 1. The fourth-order valence-corrected chi connectivity index (χ4v) is 2.28. The zero-order valence-electron chi connectivity index (χ0n) is 12.2. The lowest BCUT2D eigenvalue weighted by Crippen LogP contribution is -2.47. The molecule has 0 aromatic heterocycles.